The van der Waals surface area contributed by atoms with Crippen molar-refractivity contribution in [3.63, 3.8) is 0 Å². The Balaban J connectivity index is 1.85. The number of carbonyl (C=O) groups excluding carboxylic acids is 1. The monoisotopic (exact) mass is 378 g/mol. The number of alkyl halides is 3. The zero-order chi connectivity index (χ0) is 19.9. The van der Waals surface area contributed by atoms with Gasteiger partial charge in [0.1, 0.15) is 17.9 Å². The fourth-order valence-electron chi connectivity index (χ4n) is 2.04. The van der Waals surface area contributed by atoms with Crippen LogP contribution in [-0.2, 0) is 6.18 Å². The molecule has 2 aromatic carbocycles. The predicted octanol–water partition coefficient (Wildman–Crippen LogP) is 3.43. The van der Waals surface area contributed by atoms with Crippen LogP contribution >= 0.6 is 0 Å². The smallest absolute Gasteiger partial charge is 0.416 e. The lowest BCUT2D eigenvalue weighted by atomic mass is 10.1. The van der Waals surface area contributed by atoms with E-state index >= 15 is 0 Å². The van der Waals surface area contributed by atoms with Gasteiger partial charge < -0.3 is 10.1 Å². The van der Waals surface area contributed by atoms with Gasteiger partial charge in [-0.2, -0.15) is 13.2 Å². The Labute approximate surface area is 152 Å². The van der Waals surface area contributed by atoms with Gasteiger partial charge in [-0.3, -0.25) is 14.9 Å². The van der Waals surface area contributed by atoms with Crippen LogP contribution in [0.5, 0.6) is 5.75 Å². The molecule has 0 unspecified atom stereocenters. The first-order valence-corrected chi connectivity index (χ1v) is 7.56. The van der Waals surface area contributed by atoms with Crippen LogP contribution in [-0.4, -0.2) is 24.0 Å². The van der Waals surface area contributed by atoms with Crippen LogP contribution in [0.25, 0.3) is 0 Å². The highest BCUT2D eigenvalue weighted by Gasteiger charge is 2.30. The Bertz CT molecular complexity index is 901. The van der Waals surface area contributed by atoms with Crippen molar-refractivity contribution >= 4 is 11.6 Å². The highest BCUT2D eigenvalue weighted by Crippen LogP contribution is 2.31. The number of ether oxygens (including phenoxy) is 1. The molecule has 0 heterocycles. The summed E-state index contributed by atoms with van der Waals surface area (Å²) in [5.41, 5.74) is -1.25. The van der Waals surface area contributed by atoms with E-state index in [1.807, 2.05) is 0 Å². The molecule has 0 saturated carbocycles. The molecule has 2 aromatic rings. The maximum Gasteiger partial charge on any atom is 0.416 e. The Morgan fingerprint density at radius 1 is 1.15 bits per heavy atom. The number of benzene rings is 2. The zero-order valence-corrected chi connectivity index (χ0v) is 13.7. The molecular weight excluding hydrogens is 365 g/mol. The quantitative estimate of drug-likeness (QED) is 0.491. The average molecular weight is 378 g/mol. The highest BCUT2D eigenvalue weighted by atomic mass is 19.4. The van der Waals surface area contributed by atoms with Crippen molar-refractivity contribution in [2.75, 3.05) is 13.2 Å². The van der Waals surface area contributed by atoms with E-state index in [1.165, 1.54) is 36.4 Å². The topological polar surface area (TPSA) is 81.5 Å². The summed E-state index contributed by atoms with van der Waals surface area (Å²) in [6, 6.07) is 9.85. The highest BCUT2D eigenvalue weighted by molar-refractivity contribution is 5.98. The minimum Gasteiger partial charge on any atom is -0.481 e. The molecule has 140 valence electrons. The van der Waals surface area contributed by atoms with Crippen LogP contribution in [0.4, 0.5) is 18.9 Å². The molecule has 0 bridgehead atoms. The summed E-state index contributed by atoms with van der Waals surface area (Å²) < 4.78 is 42.9. The molecule has 0 aliphatic rings. The number of nitrogens with one attached hydrogen (secondary N) is 1. The molecule has 27 heavy (non-hydrogen) atoms. The van der Waals surface area contributed by atoms with E-state index in [9.17, 15) is 28.1 Å². The third kappa shape index (κ3) is 5.74. The van der Waals surface area contributed by atoms with E-state index in [4.69, 9.17) is 4.74 Å². The molecular formula is C18H13F3N2O4. The fourth-order valence-corrected chi connectivity index (χ4v) is 2.04. The van der Waals surface area contributed by atoms with Crippen molar-refractivity contribution in [2.24, 2.45) is 0 Å². The third-order valence-corrected chi connectivity index (χ3v) is 3.28. The maximum absolute atomic E-state index is 12.6. The number of nitro benzene ring substituents is 1. The molecule has 0 aliphatic carbocycles. The molecule has 0 spiro atoms. The first-order chi connectivity index (χ1) is 12.8. The van der Waals surface area contributed by atoms with Crippen molar-refractivity contribution in [2.45, 2.75) is 6.18 Å². The molecule has 0 aromatic heterocycles. The molecule has 9 heteroatoms. The van der Waals surface area contributed by atoms with Gasteiger partial charge in [0, 0.05) is 6.07 Å². The van der Waals surface area contributed by atoms with Gasteiger partial charge in [-0.15, -0.1) is 0 Å². The van der Waals surface area contributed by atoms with Gasteiger partial charge in [-0.05, 0) is 24.3 Å². The predicted molar refractivity (Wildman–Crippen MR) is 90.1 cm³/mol. The minimum atomic E-state index is -4.46. The van der Waals surface area contributed by atoms with E-state index in [2.05, 4.69) is 17.2 Å². The van der Waals surface area contributed by atoms with E-state index in [-0.39, 0.29) is 30.2 Å². The molecule has 0 saturated heterocycles. The molecule has 6 nitrogen and oxygen atoms in total. The minimum absolute atomic E-state index is 0.0167. The van der Waals surface area contributed by atoms with Crippen LogP contribution < -0.4 is 10.1 Å². The summed E-state index contributed by atoms with van der Waals surface area (Å²) in [6.45, 7) is -0.278. The molecule has 0 fully saturated rings. The number of nitro groups is 1. The second kappa shape index (κ2) is 8.71. The van der Waals surface area contributed by atoms with Crippen molar-refractivity contribution in [3.8, 4) is 17.6 Å². The van der Waals surface area contributed by atoms with Gasteiger partial charge in [0.2, 0.25) is 0 Å². The van der Waals surface area contributed by atoms with Crippen LogP contribution in [0, 0.1) is 22.0 Å². The Morgan fingerprint density at radius 2 is 1.89 bits per heavy atom. The Hall–Kier alpha value is -3.54. The summed E-state index contributed by atoms with van der Waals surface area (Å²) in [4.78, 5) is 22.1. The van der Waals surface area contributed by atoms with Crippen LogP contribution in [0.1, 0.15) is 15.9 Å². The first kappa shape index (κ1) is 19.8. The van der Waals surface area contributed by atoms with E-state index in [1.54, 1.807) is 0 Å². The normalized spacial score (nSPS) is 10.5. The third-order valence-electron chi connectivity index (χ3n) is 3.28. The number of para-hydroxylation sites is 1. The van der Waals surface area contributed by atoms with Gasteiger partial charge >= 0.3 is 6.18 Å². The van der Waals surface area contributed by atoms with Crippen LogP contribution in [0.3, 0.4) is 0 Å². The lowest BCUT2D eigenvalue weighted by Crippen LogP contribution is -2.24. The van der Waals surface area contributed by atoms with E-state index in [0.29, 0.717) is 0 Å². The summed E-state index contributed by atoms with van der Waals surface area (Å²) in [7, 11) is 0. The summed E-state index contributed by atoms with van der Waals surface area (Å²) in [5.74, 6) is 4.44. The second-order valence-corrected chi connectivity index (χ2v) is 5.12. The SMILES string of the molecule is O=C(NCC#CCOc1cccc(C(F)(F)F)c1)c1ccccc1[N+](=O)[O-]. The lowest BCUT2D eigenvalue weighted by Gasteiger charge is -2.08. The molecule has 1 N–H and O–H groups in total. The van der Waals surface area contributed by atoms with E-state index < -0.39 is 22.6 Å². The maximum atomic E-state index is 12.6. The van der Waals surface area contributed by atoms with Crippen molar-refractivity contribution in [1.29, 1.82) is 0 Å². The van der Waals surface area contributed by atoms with Crippen molar-refractivity contribution < 1.29 is 27.6 Å². The Kier molecular flexibility index (Phi) is 6.38. The fraction of sp³-hybridized carbons (Fsp3) is 0.167. The largest absolute Gasteiger partial charge is 0.481 e. The van der Waals surface area contributed by atoms with Crippen molar-refractivity contribution in [3.05, 3.63) is 69.8 Å². The first-order valence-electron chi connectivity index (χ1n) is 7.56. The number of halogens is 3. The number of amides is 1. The number of carbonyl (C=O) groups is 1. The number of hydrogen-bond acceptors (Lipinski definition) is 4. The standard InChI is InChI=1S/C18H13F3N2O4/c19-18(20,21)13-6-5-7-14(12-13)27-11-4-3-10-22-17(24)15-8-1-2-9-16(15)23(25)26/h1-2,5-9,12H,10-11H2,(H,22,24). The van der Waals surface area contributed by atoms with Gasteiger partial charge in [-0.1, -0.05) is 30.0 Å². The Morgan fingerprint density at radius 3 is 2.59 bits per heavy atom. The van der Waals surface area contributed by atoms with Gasteiger partial charge in [-0.25, -0.2) is 0 Å². The number of rotatable bonds is 5. The summed E-state index contributed by atoms with van der Waals surface area (Å²) in [5, 5.41) is 13.3. The molecule has 0 aliphatic heterocycles. The molecule has 2 rings (SSSR count). The molecule has 1 amide bonds. The summed E-state index contributed by atoms with van der Waals surface area (Å²) in [6.07, 6.45) is -4.46. The molecule has 0 radical (unpaired) electrons. The molecule has 0 atom stereocenters. The van der Waals surface area contributed by atoms with Gasteiger partial charge in [0.25, 0.3) is 11.6 Å². The van der Waals surface area contributed by atoms with E-state index in [0.717, 1.165) is 12.1 Å². The average Bonchev–Trinajstić information content (AvgIpc) is 2.64. The summed E-state index contributed by atoms with van der Waals surface area (Å²) >= 11 is 0. The van der Waals surface area contributed by atoms with Gasteiger partial charge in [0.05, 0.1) is 17.0 Å². The second-order valence-electron chi connectivity index (χ2n) is 5.12. The lowest BCUT2D eigenvalue weighted by molar-refractivity contribution is -0.385. The number of hydrogen-bond donors (Lipinski definition) is 1. The van der Waals surface area contributed by atoms with Crippen LogP contribution in [0.15, 0.2) is 48.5 Å². The van der Waals surface area contributed by atoms with Crippen LogP contribution in [0.2, 0.25) is 0 Å². The number of nitrogens with zero attached hydrogens (tertiary/aromatic N) is 1. The zero-order valence-electron chi connectivity index (χ0n) is 13.7. The van der Waals surface area contributed by atoms with Crippen molar-refractivity contribution in [1.82, 2.24) is 5.32 Å². The van der Waals surface area contributed by atoms with Gasteiger partial charge in [0.15, 0.2) is 0 Å².